The fourth-order valence-electron chi connectivity index (χ4n) is 5.76. The molecule has 4 heterocycles. The summed E-state index contributed by atoms with van der Waals surface area (Å²) in [5.74, 6) is 1.19. The van der Waals surface area contributed by atoms with Gasteiger partial charge in [0.05, 0.1) is 10.2 Å². The molecule has 2 aromatic heterocycles. The number of carbonyl (C=O) groups excluding carboxylic acids is 2. The summed E-state index contributed by atoms with van der Waals surface area (Å²) in [6.07, 6.45) is 8.11. The molecule has 2 amide bonds. The number of amides is 2. The highest BCUT2D eigenvalue weighted by molar-refractivity contribution is 7.17. The van der Waals surface area contributed by atoms with Gasteiger partial charge in [0.15, 0.2) is 0 Å². The van der Waals surface area contributed by atoms with E-state index >= 15 is 0 Å². The van der Waals surface area contributed by atoms with Gasteiger partial charge in [-0.25, -0.2) is 0 Å². The standard InChI is InChI=1S/C25H36N4O2S/c1-26-12-14-28(15-13-26)24(30)20-7-10-27(11-8-20)25(31)22-17-23-21(9-16-32-23)29(22)18-19-5-3-2-4-6-19/h9,16-17,19-20H,2-8,10-15,18H2,1H3. The number of nitrogens with zero attached hydrogens (tertiary/aromatic N) is 4. The number of hydrogen-bond acceptors (Lipinski definition) is 4. The van der Waals surface area contributed by atoms with E-state index in [0.29, 0.717) is 24.9 Å². The highest BCUT2D eigenvalue weighted by Crippen LogP contribution is 2.32. The monoisotopic (exact) mass is 456 g/mol. The average Bonchev–Trinajstić information content (AvgIpc) is 3.42. The van der Waals surface area contributed by atoms with Gasteiger partial charge >= 0.3 is 0 Å². The summed E-state index contributed by atoms with van der Waals surface area (Å²) in [6.45, 7) is 5.91. The van der Waals surface area contributed by atoms with E-state index in [1.54, 1.807) is 11.3 Å². The molecule has 0 N–H and O–H groups in total. The van der Waals surface area contributed by atoms with Crippen molar-refractivity contribution in [1.82, 2.24) is 19.3 Å². The predicted octanol–water partition coefficient (Wildman–Crippen LogP) is 3.91. The van der Waals surface area contributed by atoms with E-state index < -0.39 is 0 Å². The first-order valence-corrected chi connectivity index (χ1v) is 13.3. The summed E-state index contributed by atoms with van der Waals surface area (Å²) < 4.78 is 3.51. The summed E-state index contributed by atoms with van der Waals surface area (Å²) in [4.78, 5) is 32.8. The molecule has 6 nitrogen and oxygen atoms in total. The van der Waals surface area contributed by atoms with Gasteiger partial charge in [0.1, 0.15) is 5.69 Å². The van der Waals surface area contributed by atoms with Crippen molar-refractivity contribution < 1.29 is 9.59 Å². The molecule has 0 atom stereocenters. The van der Waals surface area contributed by atoms with E-state index in [4.69, 9.17) is 0 Å². The van der Waals surface area contributed by atoms with Gasteiger partial charge in [-0.2, -0.15) is 0 Å². The number of likely N-dealkylation sites (N-methyl/N-ethyl adjacent to an activating group) is 1. The fourth-order valence-corrected chi connectivity index (χ4v) is 6.58. The summed E-state index contributed by atoms with van der Waals surface area (Å²) in [6, 6.07) is 4.27. The molecule has 3 fully saturated rings. The minimum atomic E-state index is 0.0694. The first-order chi connectivity index (χ1) is 15.6. The van der Waals surface area contributed by atoms with Crippen LogP contribution in [0.4, 0.5) is 0 Å². The zero-order chi connectivity index (χ0) is 22.1. The molecule has 174 valence electrons. The molecule has 0 spiro atoms. The predicted molar refractivity (Wildman–Crippen MR) is 129 cm³/mol. The van der Waals surface area contributed by atoms with Crippen LogP contribution in [0.3, 0.4) is 0 Å². The summed E-state index contributed by atoms with van der Waals surface area (Å²) >= 11 is 1.72. The molecule has 7 heteroatoms. The molecule has 2 aromatic rings. The topological polar surface area (TPSA) is 48.8 Å². The molecule has 0 bridgehead atoms. The first kappa shape index (κ1) is 22.0. The molecule has 0 radical (unpaired) electrons. The normalized spacial score (nSPS) is 22.0. The highest BCUT2D eigenvalue weighted by Gasteiger charge is 2.33. The van der Waals surface area contributed by atoms with E-state index in [9.17, 15) is 9.59 Å². The van der Waals surface area contributed by atoms with Gasteiger partial charge in [-0.15, -0.1) is 11.3 Å². The molecular weight excluding hydrogens is 420 g/mol. The lowest BCUT2D eigenvalue weighted by Crippen LogP contribution is -2.51. The van der Waals surface area contributed by atoms with Crippen LogP contribution in [0.5, 0.6) is 0 Å². The van der Waals surface area contributed by atoms with Crippen LogP contribution in [0.15, 0.2) is 17.5 Å². The second-order valence-electron chi connectivity index (χ2n) is 10.0. The Morgan fingerprint density at radius 3 is 2.38 bits per heavy atom. The number of rotatable bonds is 4. The second kappa shape index (κ2) is 9.56. The summed E-state index contributed by atoms with van der Waals surface area (Å²) in [7, 11) is 2.11. The minimum absolute atomic E-state index is 0.0694. The Kier molecular flexibility index (Phi) is 6.56. The zero-order valence-corrected chi connectivity index (χ0v) is 20.1. The van der Waals surface area contributed by atoms with Crippen molar-refractivity contribution in [3.63, 3.8) is 0 Å². The third kappa shape index (κ3) is 4.46. The van der Waals surface area contributed by atoms with Gasteiger partial charge < -0.3 is 19.3 Å². The van der Waals surface area contributed by atoms with E-state index in [1.165, 1.54) is 42.3 Å². The van der Waals surface area contributed by atoms with Gasteiger partial charge in [-0.1, -0.05) is 19.3 Å². The van der Waals surface area contributed by atoms with Crippen LogP contribution in [0.1, 0.15) is 55.4 Å². The maximum Gasteiger partial charge on any atom is 0.270 e. The largest absolute Gasteiger partial charge is 0.340 e. The van der Waals surface area contributed by atoms with Crippen molar-refractivity contribution in [2.24, 2.45) is 11.8 Å². The fraction of sp³-hybridized carbons (Fsp3) is 0.680. The van der Waals surface area contributed by atoms with Gasteiger partial charge in [0, 0.05) is 51.7 Å². The van der Waals surface area contributed by atoms with Crippen LogP contribution < -0.4 is 0 Å². The van der Waals surface area contributed by atoms with Gasteiger partial charge in [0.25, 0.3) is 5.91 Å². The number of hydrogen-bond donors (Lipinski definition) is 0. The van der Waals surface area contributed by atoms with Crippen molar-refractivity contribution in [1.29, 1.82) is 0 Å². The Hall–Kier alpha value is -1.86. The number of fused-ring (bicyclic) bond motifs is 1. The Morgan fingerprint density at radius 1 is 0.938 bits per heavy atom. The quantitative estimate of drug-likeness (QED) is 0.701. The number of piperidine rings is 1. The summed E-state index contributed by atoms with van der Waals surface area (Å²) in [5.41, 5.74) is 2.06. The maximum atomic E-state index is 13.6. The summed E-state index contributed by atoms with van der Waals surface area (Å²) in [5, 5.41) is 2.13. The van der Waals surface area contributed by atoms with Gasteiger partial charge in [0.2, 0.25) is 5.91 Å². The smallest absolute Gasteiger partial charge is 0.270 e. The molecule has 0 aromatic carbocycles. The average molecular weight is 457 g/mol. The van der Waals surface area contributed by atoms with Crippen LogP contribution in [0.2, 0.25) is 0 Å². The van der Waals surface area contributed by atoms with Crippen LogP contribution in [0, 0.1) is 11.8 Å². The van der Waals surface area contributed by atoms with Crippen LogP contribution in [-0.4, -0.2) is 77.4 Å². The third-order valence-corrected chi connectivity index (χ3v) is 8.71. The SMILES string of the molecule is CN1CCN(C(=O)C2CCN(C(=O)c3cc4sccc4n3CC3CCCCC3)CC2)CC1. The number of piperazine rings is 1. The number of carbonyl (C=O) groups is 2. The molecule has 32 heavy (non-hydrogen) atoms. The van der Waals surface area contributed by atoms with E-state index in [-0.39, 0.29) is 11.8 Å². The first-order valence-electron chi connectivity index (χ1n) is 12.4. The molecule has 3 aliphatic rings. The lowest BCUT2D eigenvalue weighted by molar-refractivity contribution is -0.138. The third-order valence-electron chi connectivity index (χ3n) is 7.85. The molecule has 2 saturated heterocycles. The van der Waals surface area contributed by atoms with E-state index in [2.05, 4.69) is 34.0 Å². The maximum absolute atomic E-state index is 13.6. The molecule has 0 unspecified atom stereocenters. The van der Waals surface area contributed by atoms with Crippen LogP contribution >= 0.6 is 11.3 Å². The molecular formula is C25H36N4O2S. The minimum Gasteiger partial charge on any atom is -0.340 e. The Balaban J connectivity index is 1.25. The zero-order valence-electron chi connectivity index (χ0n) is 19.3. The van der Waals surface area contributed by atoms with Crippen molar-refractivity contribution >= 4 is 33.4 Å². The second-order valence-corrected chi connectivity index (χ2v) is 11.0. The lowest BCUT2D eigenvalue weighted by atomic mass is 9.89. The van der Waals surface area contributed by atoms with Crippen molar-refractivity contribution in [3.8, 4) is 0 Å². The van der Waals surface area contributed by atoms with Crippen LogP contribution in [-0.2, 0) is 11.3 Å². The molecule has 5 rings (SSSR count). The number of likely N-dealkylation sites (tertiary alicyclic amines) is 1. The van der Waals surface area contributed by atoms with Crippen molar-refractivity contribution in [3.05, 3.63) is 23.2 Å². The van der Waals surface area contributed by atoms with Crippen molar-refractivity contribution in [2.45, 2.75) is 51.5 Å². The Labute approximate surface area is 195 Å². The Morgan fingerprint density at radius 2 is 1.66 bits per heavy atom. The van der Waals surface area contributed by atoms with Gasteiger partial charge in [-0.3, -0.25) is 9.59 Å². The van der Waals surface area contributed by atoms with Crippen LogP contribution in [0.25, 0.3) is 10.2 Å². The lowest BCUT2D eigenvalue weighted by Gasteiger charge is -2.37. The number of thiophene rings is 1. The molecule has 1 saturated carbocycles. The van der Waals surface area contributed by atoms with E-state index in [1.807, 2.05) is 9.80 Å². The highest BCUT2D eigenvalue weighted by atomic mass is 32.1. The van der Waals surface area contributed by atoms with Gasteiger partial charge in [-0.05, 0) is 56.2 Å². The van der Waals surface area contributed by atoms with E-state index in [0.717, 1.165) is 51.3 Å². The van der Waals surface area contributed by atoms with Crippen molar-refractivity contribution in [2.75, 3.05) is 46.3 Å². The number of aromatic nitrogens is 1. The molecule has 2 aliphatic heterocycles. The molecule has 1 aliphatic carbocycles. The Bertz CT molecular complexity index is 944.